The van der Waals surface area contributed by atoms with Crippen LogP contribution in [-0.2, 0) is 0 Å². The number of nitrogens with zero attached hydrogens (tertiary/aromatic N) is 2. The van der Waals surface area contributed by atoms with Crippen molar-refractivity contribution in [2.45, 2.75) is 19.3 Å². The lowest BCUT2D eigenvalue weighted by Crippen LogP contribution is -2.40. The predicted molar refractivity (Wildman–Crippen MR) is 54.9 cm³/mol. The molecule has 13 heavy (non-hydrogen) atoms. The van der Waals surface area contributed by atoms with Gasteiger partial charge in [0.15, 0.2) is 0 Å². The molecule has 0 N–H and O–H groups in total. The molecule has 2 heterocycles. The molecule has 0 spiro atoms. The number of rotatable bonds is 2. The fourth-order valence-corrected chi connectivity index (χ4v) is 2.71. The van der Waals surface area contributed by atoms with Gasteiger partial charge in [-0.05, 0) is 25.9 Å². The molecule has 1 amide bonds. The van der Waals surface area contributed by atoms with Gasteiger partial charge in [-0.15, -0.1) is 0 Å². The largest absolute Gasteiger partial charge is 0.320 e. The van der Waals surface area contributed by atoms with Crippen molar-refractivity contribution in [3.8, 4) is 0 Å². The zero-order chi connectivity index (χ0) is 9.10. The third-order valence-electron chi connectivity index (χ3n) is 2.66. The van der Waals surface area contributed by atoms with Crippen LogP contribution in [0.25, 0.3) is 0 Å². The fraction of sp³-hybridized carbons (Fsp3) is 0.889. The summed E-state index contributed by atoms with van der Waals surface area (Å²) in [5.74, 6) is 0.979. The maximum absolute atomic E-state index is 11.3. The van der Waals surface area contributed by atoms with Crippen LogP contribution in [0.4, 0.5) is 4.79 Å². The van der Waals surface area contributed by atoms with E-state index in [9.17, 15) is 4.79 Å². The average molecular weight is 200 g/mol. The van der Waals surface area contributed by atoms with E-state index >= 15 is 0 Å². The second-order valence-corrected chi connectivity index (χ2v) is 4.74. The van der Waals surface area contributed by atoms with Crippen molar-refractivity contribution in [2.24, 2.45) is 0 Å². The number of likely N-dealkylation sites (tertiary alicyclic amines) is 1. The van der Waals surface area contributed by atoms with Crippen LogP contribution in [0.15, 0.2) is 0 Å². The van der Waals surface area contributed by atoms with Gasteiger partial charge in [0, 0.05) is 12.3 Å². The Kier molecular flexibility index (Phi) is 3.11. The highest BCUT2D eigenvalue weighted by atomic mass is 32.2. The summed E-state index contributed by atoms with van der Waals surface area (Å²) in [6.07, 6.45) is 3.96. The van der Waals surface area contributed by atoms with Gasteiger partial charge in [0.25, 0.3) is 5.24 Å². The quantitative estimate of drug-likeness (QED) is 0.676. The topological polar surface area (TPSA) is 23.6 Å². The molecule has 74 valence electrons. The first kappa shape index (κ1) is 9.34. The minimum atomic E-state index is 0.269. The first-order valence-electron chi connectivity index (χ1n) is 5.00. The summed E-state index contributed by atoms with van der Waals surface area (Å²) in [6, 6.07) is 0. The van der Waals surface area contributed by atoms with Crippen molar-refractivity contribution in [2.75, 3.05) is 32.1 Å². The van der Waals surface area contributed by atoms with Gasteiger partial charge >= 0.3 is 0 Å². The predicted octanol–water partition coefficient (Wildman–Crippen LogP) is 1.60. The van der Waals surface area contributed by atoms with E-state index in [0.717, 1.165) is 19.0 Å². The Bertz CT molecular complexity index is 192. The van der Waals surface area contributed by atoms with E-state index in [2.05, 4.69) is 4.90 Å². The van der Waals surface area contributed by atoms with E-state index in [1.807, 2.05) is 4.90 Å². The summed E-state index contributed by atoms with van der Waals surface area (Å²) in [4.78, 5) is 15.7. The minimum Gasteiger partial charge on any atom is -0.320 e. The third kappa shape index (κ3) is 2.38. The Balaban J connectivity index is 1.79. The Labute approximate surface area is 83.5 Å². The number of carbonyl (C=O) groups is 1. The highest BCUT2D eigenvalue weighted by Gasteiger charge is 2.23. The zero-order valence-electron chi connectivity index (χ0n) is 7.87. The normalized spacial score (nSPS) is 25.5. The summed E-state index contributed by atoms with van der Waals surface area (Å²) in [5, 5.41) is 0.269. The lowest BCUT2D eigenvalue weighted by atomic mass is 10.1. The van der Waals surface area contributed by atoms with Crippen LogP contribution >= 0.6 is 11.8 Å². The first-order chi connectivity index (χ1) is 6.36. The van der Waals surface area contributed by atoms with Crippen molar-refractivity contribution in [3.63, 3.8) is 0 Å². The highest BCUT2D eigenvalue weighted by Crippen LogP contribution is 2.18. The van der Waals surface area contributed by atoms with Crippen LogP contribution in [-0.4, -0.2) is 47.1 Å². The lowest BCUT2D eigenvalue weighted by molar-refractivity contribution is 0.143. The molecule has 0 atom stereocenters. The molecule has 2 fully saturated rings. The standard InChI is InChI=1S/C9H16N2OS/c12-9-11(6-7-13-9)8-10-4-2-1-3-5-10/h1-8H2. The minimum absolute atomic E-state index is 0.269. The van der Waals surface area contributed by atoms with Crippen LogP contribution in [0.3, 0.4) is 0 Å². The fourth-order valence-electron chi connectivity index (χ4n) is 1.90. The number of hydrogen-bond donors (Lipinski definition) is 0. The Hall–Kier alpha value is -0.220. The van der Waals surface area contributed by atoms with Gasteiger partial charge in [0.05, 0.1) is 6.67 Å². The Morgan fingerprint density at radius 3 is 2.54 bits per heavy atom. The molecule has 3 nitrogen and oxygen atoms in total. The number of hydrogen-bond acceptors (Lipinski definition) is 3. The molecular formula is C9H16N2OS. The van der Waals surface area contributed by atoms with Gasteiger partial charge in [0.1, 0.15) is 0 Å². The molecule has 0 unspecified atom stereocenters. The van der Waals surface area contributed by atoms with Crippen LogP contribution in [0.1, 0.15) is 19.3 Å². The van der Waals surface area contributed by atoms with Crippen LogP contribution in [0.5, 0.6) is 0 Å². The van der Waals surface area contributed by atoms with E-state index in [0.29, 0.717) is 0 Å². The van der Waals surface area contributed by atoms with E-state index in [4.69, 9.17) is 0 Å². The molecule has 0 aromatic rings. The lowest BCUT2D eigenvalue weighted by Gasteiger charge is -2.30. The molecule has 0 aromatic carbocycles. The SMILES string of the molecule is O=C1SCCN1CN1CCCCC1. The molecule has 0 aliphatic carbocycles. The van der Waals surface area contributed by atoms with Crippen LogP contribution in [0.2, 0.25) is 0 Å². The van der Waals surface area contributed by atoms with Crippen LogP contribution in [0, 0.1) is 0 Å². The van der Waals surface area contributed by atoms with E-state index in [1.54, 1.807) is 0 Å². The molecule has 2 saturated heterocycles. The maximum Gasteiger partial charge on any atom is 0.282 e. The van der Waals surface area contributed by atoms with E-state index in [1.165, 1.54) is 44.1 Å². The van der Waals surface area contributed by atoms with Gasteiger partial charge in [-0.3, -0.25) is 9.69 Å². The number of piperidine rings is 1. The molecule has 2 rings (SSSR count). The summed E-state index contributed by atoms with van der Waals surface area (Å²) in [5.41, 5.74) is 0. The number of thioether (sulfide) groups is 1. The Morgan fingerprint density at radius 2 is 1.92 bits per heavy atom. The number of amides is 1. The van der Waals surface area contributed by atoms with Crippen molar-refractivity contribution in [1.82, 2.24) is 9.80 Å². The van der Waals surface area contributed by atoms with Crippen molar-refractivity contribution in [3.05, 3.63) is 0 Å². The smallest absolute Gasteiger partial charge is 0.282 e. The number of carbonyl (C=O) groups excluding carboxylic acids is 1. The zero-order valence-corrected chi connectivity index (χ0v) is 8.68. The third-order valence-corrected chi connectivity index (χ3v) is 3.56. The first-order valence-corrected chi connectivity index (χ1v) is 5.99. The summed E-state index contributed by atoms with van der Waals surface area (Å²) < 4.78 is 0. The molecule has 0 aromatic heterocycles. The van der Waals surface area contributed by atoms with Crippen molar-refractivity contribution in [1.29, 1.82) is 0 Å². The monoisotopic (exact) mass is 200 g/mol. The van der Waals surface area contributed by atoms with Crippen molar-refractivity contribution >= 4 is 17.0 Å². The highest BCUT2D eigenvalue weighted by molar-refractivity contribution is 8.13. The average Bonchev–Trinajstić information content (AvgIpc) is 2.54. The maximum atomic E-state index is 11.3. The summed E-state index contributed by atoms with van der Waals surface area (Å²) >= 11 is 1.45. The van der Waals surface area contributed by atoms with Gasteiger partial charge in [-0.25, -0.2) is 0 Å². The molecule has 0 radical (unpaired) electrons. The molecule has 4 heteroatoms. The second-order valence-electron chi connectivity index (χ2n) is 3.70. The summed E-state index contributed by atoms with van der Waals surface area (Å²) in [7, 11) is 0. The van der Waals surface area contributed by atoms with Crippen LogP contribution < -0.4 is 0 Å². The molecule has 2 aliphatic heterocycles. The van der Waals surface area contributed by atoms with Crippen molar-refractivity contribution < 1.29 is 4.79 Å². The van der Waals surface area contributed by atoms with Gasteiger partial charge in [-0.1, -0.05) is 18.2 Å². The van der Waals surface area contributed by atoms with E-state index in [-0.39, 0.29) is 5.24 Å². The molecule has 0 bridgehead atoms. The van der Waals surface area contributed by atoms with Gasteiger partial charge < -0.3 is 4.90 Å². The van der Waals surface area contributed by atoms with Gasteiger partial charge in [-0.2, -0.15) is 0 Å². The summed E-state index contributed by atoms with van der Waals surface area (Å²) in [6.45, 7) is 4.16. The molecule has 0 saturated carbocycles. The van der Waals surface area contributed by atoms with Gasteiger partial charge in [0.2, 0.25) is 0 Å². The van der Waals surface area contributed by atoms with E-state index < -0.39 is 0 Å². The Morgan fingerprint density at radius 1 is 1.15 bits per heavy atom. The second kappa shape index (κ2) is 4.33. The molecule has 2 aliphatic rings. The molecular weight excluding hydrogens is 184 g/mol.